The van der Waals surface area contributed by atoms with Crippen LogP contribution in [0.2, 0.25) is 0 Å². The molecule has 0 aromatic carbocycles. The molecule has 3 heterocycles. The average molecular weight is 255 g/mol. The fourth-order valence-electron chi connectivity index (χ4n) is 4.07. The van der Waals surface area contributed by atoms with Crippen molar-refractivity contribution >= 4 is 11.8 Å². The summed E-state index contributed by atoms with van der Waals surface area (Å²) in [5.74, 6) is 2.12. The van der Waals surface area contributed by atoms with Gasteiger partial charge in [-0.2, -0.15) is 11.8 Å². The molecule has 17 heavy (non-hydrogen) atoms. The van der Waals surface area contributed by atoms with Crippen molar-refractivity contribution < 1.29 is 0 Å². The Bertz CT molecular complexity index is 286. The zero-order valence-electron chi connectivity index (χ0n) is 10.9. The van der Waals surface area contributed by atoms with E-state index in [9.17, 15) is 0 Å². The molecule has 3 nitrogen and oxygen atoms in total. The minimum Gasteiger partial charge on any atom is -0.329 e. The normalized spacial score (nSPS) is 47.3. The third-order valence-corrected chi connectivity index (χ3v) is 6.25. The van der Waals surface area contributed by atoms with Crippen LogP contribution in [0.25, 0.3) is 0 Å². The van der Waals surface area contributed by atoms with E-state index < -0.39 is 0 Å². The van der Waals surface area contributed by atoms with Crippen LogP contribution in [0.5, 0.6) is 0 Å². The SMILES string of the molecule is CC1CN(C2(CN)CCN3CCC2C3)CCS1. The lowest BCUT2D eigenvalue weighted by molar-refractivity contribution is 0.0108. The summed E-state index contributed by atoms with van der Waals surface area (Å²) in [4.78, 5) is 5.38. The van der Waals surface area contributed by atoms with Crippen molar-refractivity contribution in [3.8, 4) is 0 Å². The van der Waals surface area contributed by atoms with E-state index in [4.69, 9.17) is 5.73 Å². The van der Waals surface area contributed by atoms with E-state index in [1.165, 1.54) is 51.3 Å². The van der Waals surface area contributed by atoms with Crippen LogP contribution in [0, 0.1) is 5.92 Å². The first-order valence-corrected chi connectivity index (χ1v) is 8.08. The molecule has 0 amide bonds. The Balaban J connectivity index is 1.80. The summed E-state index contributed by atoms with van der Waals surface area (Å²) in [6.07, 6.45) is 2.67. The average Bonchev–Trinajstić information content (AvgIpc) is 2.74. The van der Waals surface area contributed by atoms with Crippen LogP contribution < -0.4 is 5.73 Å². The van der Waals surface area contributed by atoms with Crippen LogP contribution >= 0.6 is 11.8 Å². The van der Waals surface area contributed by atoms with Gasteiger partial charge in [0.2, 0.25) is 0 Å². The van der Waals surface area contributed by atoms with Gasteiger partial charge in [-0.1, -0.05) is 6.92 Å². The summed E-state index contributed by atoms with van der Waals surface area (Å²) in [5, 5.41) is 0.784. The third kappa shape index (κ3) is 2.03. The lowest BCUT2D eigenvalue weighted by Gasteiger charge is -2.52. The van der Waals surface area contributed by atoms with Crippen molar-refractivity contribution in [2.75, 3.05) is 45.0 Å². The number of fused-ring (bicyclic) bond motifs is 2. The molecule has 4 atom stereocenters. The van der Waals surface area contributed by atoms with E-state index in [-0.39, 0.29) is 0 Å². The fraction of sp³-hybridized carbons (Fsp3) is 1.00. The largest absolute Gasteiger partial charge is 0.329 e. The fourth-order valence-corrected chi connectivity index (χ4v) is 5.08. The number of hydrogen-bond donors (Lipinski definition) is 1. The minimum absolute atomic E-state index is 0.336. The first kappa shape index (κ1) is 12.3. The number of rotatable bonds is 2. The van der Waals surface area contributed by atoms with E-state index in [0.717, 1.165) is 17.7 Å². The summed E-state index contributed by atoms with van der Waals surface area (Å²) < 4.78 is 0. The molecule has 3 aliphatic heterocycles. The summed E-state index contributed by atoms with van der Waals surface area (Å²) in [5.41, 5.74) is 6.57. The highest BCUT2D eigenvalue weighted by Gasteiger charge is 2.49. The second-order valence-corrected chi connectivity index (χ2v) is 7.52. The lowest BCUT2D eigenvalue weighted by atomic mass is 9.77. The summed E-state index contributed by atoms with van der Waals surface area (Å²) in [6.45, 7) is 9.61. The second-order valence-electron chi connectivity index (χ2n) is 5.97. The lowest BCUT2D eigenvalue weighted by Crippen LogP contribution is -2.64. The van der Waals surface area contributed by atoms with Gasteiger partial charge in [0.05, 0.1) is 0 Å². The number of nitrogens with two attached hydrogens (primary N) is 1. The number of hydrogen-bond acceptors (Lipinski definition) is 4. The number of piperidine rings is 1. The monoisotopic (exact) mass is 255 g/mol. The van der Waals surface area contributed by atoms with E-state index in [0.29, 0.717) is 5.54 Å². The Labute approximate surface area is 109 Å². The van der Waals surface area contributed by atoms with Gasteiger partial charge in [-0.15, -0.1) is 0 Å². The predicted octanol–water partition coefficient (Wildman–Crippen LogP) is 0.847. The predicted molar refractivity (Wildman–Crippen MR) is 74.4 cm³/mol. The Kier molecular flexibility index (Phi) is 3.41. The first-order valence-electron chi connectivity index (χ1n) is 7.04. The molecular formula is C13H25N3S. The standard InChI is InChI=1S/C13H25N3S/c1-11-8-16(6-7-17-11)13(10-14)3-5-15-4-2-12(13)9-15/h11-12H,2-10,14H2,1H3. The Morgan fingerprint density at radius 3 is 2.94 bits per heavy atom. The van der Waals surface area contributed by atoms with Gasteiger partial charge in [0.15, 0.2) is 0 Å². The van der Waals surface area contributed by atoms with Crippen LogP contribution in [0.4, 0.5) is 0 Å². The van der Waals surface area contributed by atoms with Gasteiger partial charge in [0.1, 0.15) is 0 Å². The van der Waals surface area contributed by atoms with Gasteiger partial charge in [-0.25, -0.2) is 0 Å². The van der Waals surface area contributed by atoms with Crippen LogP contribution in [0.1, 0.15) is 19.8 Å². The molecule has 3 aliphatic rings. The maximum Gasteiger partial charge on any atom is 0.0385 e. The molecule has 3 fully saturated rings. The quantitative estimate of drug-likeness (QED) is 0.793. The molecular weight excluding hydrogens is 230 g/mol. The molecule has 0 radical (unpaired) electrons. The molecule has 4 heteroatoms. The molecule has 3 rings (SSSR count). The summed E-state index contributed by atoms with van der Waals surface area (Å²) >= 11 is 2.12. The smallest absolute Gasteiger partial charge is 0.0385 e. The Hall–Kier alpha value is 0.230. The van der Waals surface area contributed by atoms with Crippen LogP contribution in [0.15, 0.2) is 0 Å². The van der Waals surface area contributed by atoms with Gasteiger partial charge in [0.25, 0.3) is 0 Å². The Morgan fingerprint density at radius 2 is 2.18 bits per heavy atom. The van der Waals surface area contributed by atoms with Gasteiger partial charge in [-0.05, 0) is 31.8 Å². The molecule has 4 unspecified atom stereocenters. The summed E-state index contributed by atoms with van der Waals surface area (Å²) in [7, 11) is 0. The summed E-state index contributed by atoms with van der Waals surface area (Å²) in [6, 6.07) is 0. The highest BCUT2D eigenvalue weighted by Crippen LogP contribution is 2.40. The van der Waals surface area contributed by atoms with Crippen LogP contribution in [-0.2, 0) is 0 Å². The molecule has 98 valence electrons. The van der Waals surface area contributed by atoms with Gasteiger partial charge < -0.3 is 10.6 Å². The van der Waals surface area contributed by atoms with E-state index in [2.05, 4.69) is 28.5 Å². The van der Waals surface area contributed by atoms with Crippen molar-refractivity contribution in [1.82, 2.24) is 9.80 Å². The minimum atomic E-state index is 0.336. The highest BCUT2D eigenvalue weighted by atomic mass is 32.2. The van der Waals surface area contributed by atoms with Gasteiger partial charge in [0, 0.05) is 42.7 Å². The van der Waals surface area contributed by atoms with E-state index in [1.54, 1.807) is 0 Å². The van der Waals surface area contributed by atoms with Crippen molar-refractivity contribution in [3.63, 3.8) is 0 Å². The Morgan fingerprint density at radius 1 is 1.29 bits per heavy atom. The van der Waals surface area contributed by atoms with Crippen LogP contribution in [-0.4, -0.2) is 65.6 Å². The third-order valence-electron chi connectivity index (χ3n) is 5.12. The topological polar surface area (TPSA) is 32.5 Å². The molecule has 0 saturated carbocycles. The molecule has 2 bridgehead atoms. The number of thioether (sulfide) groups is 1. The number of nitrogens with zero attached hydrogens (tertiary/aromatic N) is 2. The van der Waals surface area contributed by atoms with Gasteiger partial charge in [-0.3, -0.25) is 4.90 Å². The second kappa shape index (κ2) is 4.72. The van der Waals surface area contributed by atoms with Crippen molar-refractivity contribution in [1.29, 1.82) is 0 Å². The van der Waals surface area contributed by atoms with E-state index >= 15 is 0 Å². The maximum atomic E-state index is 6.23. The zero-order valence-corrected chi connectivity index (χ0v) is 11.7. The molecule has 0 aromatic rings. The van der Waals surface area contributed by atoms with Crippen LogP contribution in [0.3, 0.4) is 0 Å². The molecule has 0 aliphatic carbocycles. The van der Waals surface area contributed by atoms with Gasteiger partial charge >= 0.3 is 0 Å². The van der Waals surface area contributed by atoms with Crippen molar-refractivity contribution in [2.45, 2.75) is 30.6 Å². The van der Waals surface area contributed by atoms with Crippen molar-refractivity contribution in [3.05, 3.63) is 0 Å². The molecule has 2 N–H and O–H groups in total. The molecule has 3 saturated heterocycles. The highest BCUT2D eigenvalue weighted by molar-refractivity contribution is 7.99. The zero-order chi connectivity index (χ0) is 11.9. The maximum absolute atomic E-state index is 6.23. The first-order chi connectivity index (χ1) is 8.24. The van der Waals surface area contributed by atoms with Crippen molar-refractivity contribution in [2.24, 2.45) is 11.7 Å². The molecule has 0 aromatic heterocycles. The molecule has 0 spiro atoms. The van der Waals surface area contributed by atoms with E-state index in [1.807, 2.05) is 0 Å².